The molecule has 0 unspecified atom stereocenters. The van der Waals surface area contributed by atoms with Gasteiger partial charge in [-0.25, -0.2) is 4.39 Å². The summed E-state index contributed by atoms with van der Waals surface area (Å²) in [6.45, 7) is -3.30. The first-order valence-electron chi connectivity index (χ1n) is 1.57. The van der Waals surface area contributed by atoms with Crippen LogP contribution in [0.3, 0.4) is 0 Å². The predicted molar refractivity (Wildman–Crippen MR) is 17.4 cm³/mol. The third-order valence-corrected chi connectivity index (χ3v) is 0.287. The highest BCUT2D eigenvalue weighted by atomic mass is 19.3. The highest BCUT2D eigenvalue weighted by Crippen LogP contribution is 2.05. The average molecular weight is 130 g/mol. The Balaban J connectivity index is 3.39. The van der Waals surface area contributed by atoms with E-state index in [1.165, 1.54) is 0 Å². The zero-order valence-corrected chi connectivity index (χ0v) is 3.57. The smallest absolute Gasteiger partial charge is 0.389 e. The van der Waals surface area contributed by atoms with Gasteiger partial charge in [-0.2, -0.15) is 13.2 Å². The van der Waals surface area contributed by atoms with Gasteiger partial charge in [0.25, 0.3) is 0 Å². The van der Waals surface area contributed by atoms with Gasteiger partial charge in [-0.05, 0) is 0 Å². The van der Waals surface area contributed by atoms with Gasteiger partial charge >= 0.3 is 12.6 Å². The van der Waals surface area contributed by atoms with Crippen LogP contribution in [0.25, 0.3) is 0 Å². The molecule has 0 N–H and O–H groups in total. The Hall–Kier alpha value is -0.740. The van der Waals surface area contributed by atoms with E-state index < -0.39 is 19.0 Å². The van der Waals surface area contributed by atoms with Crippen molar-refractivity contribution in [2.45, 2.75) is 6.61 Å². The Morgan fingerprint density at radius 1 is 1.50 bits per heavy atom. The van der Waals surface area contributed by atoms with Crippen molar-refractivity contribution in [1.29, 1.82) is 0 Å². The first-order chi connectivity index (χ1) is 3.66. The molecule has 0 atom stereocenters. The molecule has 0 amide bonds. The van der Waals surface area contributed by atoms with Crippen LogP contribution in [-0.4, -0.2) is 6.61 Å². The van der Waals surface area contributed by atoms with E-state index in [9.17, 15) is 17.6 Å². The molecule has 0 aliphatic heterocycles. The summed E-state index contributed by atoms with van der Waals surface area (Å²) in [4.78, 5) is 0. The zero-order valence-electron chi connectivity index (χ0n) is 3.57. The molecule has 5 heteroatoms. The molecule has 0 spiro atoms. The van der Waals surface area contributed by atoms with Gasteiger partial charge in [0.2, 0.25) is 0 Å². The van der Waals surface area contributed by atoms with Crippen LogP contribution in [0.1, 0.15) is 0 Å². The molecule has 48 valence electrons. The van der Waals surface area contributed by atoms with Gasteiger partial charge < -0.3 is 4.74 Å². The van der Waals surface area contributed by atoms with E-state index in [1.807, 2.05) is 0 Å². The maximum Gasteiger partial charge on any atom is 0.389 e. The molecule has 0 aromatic carbocycles. The van der Waals surface area contributed by atoms with Gasteiger partial charge in [0.15, 0.2) is 6.33 Å². The topological polar surface area (TPSA) is 9.23 Å². The maximum absolute atomic E-state index is 11.2. The summed E-state index contributed by atoms with van der Waals surface area (Å²) >= 11 is 0. The Bertz CT molecular complexity index is 89.3. The molecule has 0 heterocycles. The predicted octanol–water partition coefficient (Wildman–Crippen LogP) is 1.96. The lowest BCUT2D eigenvalue weighted by Gasteiger charge is -1.95. The van der Waals surface area contributed by atoms with Crippen molar-refractivity contribution < 1.29 is 22.3 Å². The normalized spacial score (nSPS) is 12.4. The molecule has 1 nitrogen and oxygen atoms in total. The Morgan fingerprint density at radius 2 is 2.00 bits per heavy atom. The summed E-state index contributed by atoms with van der Waals surface area (Å²) in [7, 11) is 0. The van der Waals surface area contributed by atoms with E-state index in [0.29, 0.717) is 0 Å². The van der Waals surface area contributed by atoms with E-state index in [1.54, 1.807) is 0 Å². The molecule has 0 aliphatic rings. The van der Waals surface area contributed by atoms with Crippen molar-refractivity contribution >= 4 is 0 Å². The van der Waals surface area contributed by atoms with Crippen LogP contribution in [-0.2, 0) is 4.74 Å². The quantitative estimate of drug-likeness (QED) is 0.410. The summed E-state index contributed by atoms with van der Waals surface area (Å²) in [6, 6.07) is -1.92. The van der Waals surface area contributed by atoms with Gasteiger partial charge in [-0.15, -0.1) is 0 Å². The maximum atomic E-state index is 11.2. The molecule has 0 fully saturated rings. The lowest BCUT2D eigenvalue weighted by molar-refractivity contribution is -0.116. The summed E-state index contributed by atoms with van der Waals surface area (Å²) in [5.74, 6) is 0. The van der Waals surface area contributed by atoms with Crippen LogP contribution >= 0.6 is 0 Å². The molecular formula is C3H2F4O. The van der Waals surface area contributed by atoms with E-state index >= 15 is 0 Å². The summed E-state index contributed by atoms with van der Waals surface area (Å²) in [5, 5.41) is 0. The second-order valence-corrected chi connectivity index (χ2v) is 0.792. The zero-order chi connectivity index (χ0) is 6.57. The van der Waals surface area contributed by atoms with Crippen LogP contribution in [0, 0.1) is 0 Å². The summed E-state index contributed by atoms with van der Waals surface area (Å²) in [5.41, 5.74) is 0. The minimum Gasteiger partial charge on any atom is -0.407 e. The van der Waals surface area contributed by atoms with Crippen LogP contribution in [0.5, 0.6) is 0 Å². The van der Waals surface area contributed by atoms with Crippen molar-refractivity contribution in [3.63, 3.8) is 0 Å². The SMILES string of the molecule is FC=C(F)OC(F)F. The molecular weight excluding hydrogens is 128 g/mol. The van der Waals surface area contributed by atoms with Crippen LogP contribution < -0.4 is 0 Å². The molecule has 0 aromatic heterocycles. The van der Waals surface area contributed by atoms with Crippen molar-refractivity contribution in [3.8, 4) is 0 Å². The largest absolute Gasteiger partial charge is 0.407 e. The van der Waals surface area contributed by atoms with E-state index in [4.69, 9.17) is 0 Å². The van der Waals surface area contributed by atoms with Gasteiger partial charge in [0, 0.05) is 0 Å². The number of alkyl halides is 2. The van der Waals surface area contributed by atoms with Gasteiger partial charge in [-0.3, -0.25) is 0 Å². The number of hydrogen-bond donors (Lipinski definition) is 0. The molecule has 8 heavy (non-hydrogen) atoms. The molecule has 0 aromatic rings. The third-order valence-electron chi connectivity index (χ3n) is 0.287. The number of hydrogen-bond acceptors (Lipinski definition) is 1. The van der Waals surface area contributed by atoms with Crippen molar-refractivity contribution in [1.82, 2.24) is 0 Å². The minimum atomic E-state index is -3.30. The van der Waals surface area contributed by atoms with E-state index in [2.05, 4.69) is 4.74 Å². The fourth-order valence-corrected chi connectivity index (χ4v) is 0.111. The van der Waals surface area contributed by atoms with Gasteiger partial charge in [-0.1, -0.05) is 0 Å². The molecule has 0 saturated carbocycles. The fraction of sp³-hybridized carbons (Fsp3) is 0.333. The van der Waals surface area contributed by atoms with Gasteiger partial charge in [0.05, 0.1) is 0 Å². The Kier molecular flexibility index (Phi) is 2.98. The Labute approximate surface area is 42.6 Å². The summed E-state index contributed by atoms with van der Waals surface area (Å²) < 4.78 is 46.4. The number of halogens is 4. The lowest BCUT2D eigenvalue weighted by atomic mass is 11.0. The van der Waals surface area contributed by atoms with E-state index in [0.717, 1.165) is 0 Å². The second-order valence-electron chi connectivity index (χ2n) is 0.792. The van der Waals surface area contributed by atoms with Crippen LogP contribution in [0.4, 0.5) is 17.6 Å². The fourth-order valence-electron chi connectivity index (χ4n) is 0.111. The number of ether oxygens (including phenoxy) is 1. The van der Waals surface area contributed by atoms with Crippen molar-refractivity contribution in [2.75, 3.05) is 0 Å². The standard InChI is InChI=1S/C3H2F4O/c4-1-2(5)8-3(6)7/h1,3H. The van der Waals surface area contributed by atoms with Gasteiger partial charge in [0.1, 0.15) is 0 Å². The Morgan fingerprint density at radius 3 is 2.12 bits per heavy atom. The second kappa shape index (κ2) is 3.29. The summed E-state index contributed by atoms with van der Waals surface area (Å²) in [6.07, 6.45) is -0.688. The van der Waals surface area contributed by atoms with Crippen molar-refractivity contribution in [2.24, 2.45) is 0 Å². The first-order valence-corrected chi connectivity index (χ1v) is 1.57. The molecule has 0 aliphatic carbocycles. The monoisotopic (exact) mass is 130 g/mol. The molecule has 0 bridgehead atoms. The van der Waals surface area contributed by atoms with Crippen LogP contribution in [0.15, 0.2) is 12.3 Å². The third kappa shape index (κ3) is 3.45. The van der Waals surface area contributed by atoms with Crippen LogP contribution in [0.2, 0.25) is 0 Å². The minimum absolute atomic E-state index is 0.688. The molecule has 0 saturated heterocycles. The molecule has 0 rings (SSSR count). The molecule has 0 radical (unpaired) electrons. The van der Waals surface area contributed by atoms with E-state index in [-0.39, 0.29) is 0 Å². The highest BCUT2D eigenvalue weighted by Gasteiger charge is 2.04. The average Bonchev–Trinajstić information content (AvgIpc) is 1.65. The lowest BCUT2D eigenvalue weighted by Crippen LogP contribution is -1.93. The number of rotatable bonds is 2. The first kappa shape index (κ1) is 7.26. The highest BCUT2D eigenvalue weighted by molar-refractivity contribution is 4.69. The van der Waals surface area contributed by atoms with Crippen molar-refractivity contribution in [3.05, 3.63) is 12.3 Å².